The third kappa shape index (κ3) is 3.21. The molecule has 25 heavy (non-hydrogen) atoms. The largest absolute Gasteiger partial charge is 0.493 e. The summed E-state index contributed by atoms with van der Waals surface area (Å²) in [6, 6.07) is 16.9. The number of nitrogens with zero attached hydrogens (tertiary/aromatic N) is 1. The summed E-state index contributed by atoms with van der Waals surface area (Å²) >= 11 is 0. The topological polar surface area (TPSA) is 59.6 Å². The Morgan fingerprint density at radius 3 is 2.76 bits per heavy atom. The summed E-state index contributed by atoms with van der Waals surface area (Å²) < 4.78 is 5.71. The lowest BCUT2D eigenvalue weighted by atomic mass is 9.92. The van der Waals surface area contributed by atoms with E-state index in [-0.39, 0.29) is 11.5 Å². The lowest BCUT2D eigenvalue weighted by Gasteiger charge is -2.27. The maximum absolute atomic E-state index is 6.21. The van der Waals surface area contributed by atoms with E-state index in [9.17, 15) is 0 Å². The van der Waals surface area contributed by atoms with Crippen LogP contribution < -0.4 is 15.8 Å². The van der Waals surface area contributed by atoms with Crippen LogP contribution >= 0.6 is 0 Å². The Kier molecular flexibility index (Phi) is 4.12. The Balaban J connectivity index is 1.46. The third-order valence-corrected chi connectivity index (χ3v) is 5.40. The van der Waals surface area contributed by atoms with E-state index in [1.165, 1.54) is 24.0 Å². The summed E-state index contributed by atoms with van der Waals surface area (Å²) in [6.07, 6.45) is 3.28. The number of fused-ring (bicyclic) bond motifs is 1. The number of nitrogens with one attached hydrogen (secondary N) is 1. The zero-order valence-corrected chi connectivity index (χ0v) is 14.7. The van der Waals surface area contributed by atoms with E-state index in [4.69, 9.17) is 10.5 Å². The maximum Gasteiger partial charge on any atom is 0.189 e. The lowest BCUT2D eigenvalue weighted by molar-refractivity contribution is 0.262. The van der Waals surface area contributed by atoms with E-state index >= 15 is 0 Å². The molecule has 130 valence electrons. The smallest absolute Gasteiger partial charge is 0.189 e. The molecule has 1 heterocycles. The first-order valence-electron chi connectivity index (χ1n) is 9.02. The van der Waals surface area contributed by atoms with E-state index < -0.39 is 0 Å². The molecule has 2 aromatic carbocycles. The summed E-state index contributed by atoms with van der Waals surface area (Å²) in [7, 11) is 0. The SMILES string of the molecule is Cc1ccccc1C1(CN=C(N)NC2CCOc3ccccc32)CC1. The highest BCUT2D eigenvalue weighted by molar-refractivity contribution is 5.78. The number of para-hydroxylation sites is 1. The van der Waals surface area contributed by atoms with Crippen LogP contribution in [0, 0.1) is 6.92 Å². The first kappa shape index (κ1) is 16.0. The van der Waals surface area contributed by atoms with Crippen LogP contribution in [0.25, 0.3) is 0 Å². The van der Waals surface area contributed by atoms with Gasteiger partial charge in [-0.3, -0.25) is 4.99 Å². The molecule has 2 aromatic rings. The van der Waals surface area contributed by atoms with Crippen molar-refractivity contribution in [2.45, 2.75) is 37.6 Å². The summed E-state index contributed by atoms with van der Waals surface area (Å²) in [5.41, 5.74) is 10.3. The number of aryl methyl sites for hydroxylation is 1. The van der Waals surface area contributed by atoms with Gasteiger partial charge in [0.15, 0.2) is 5.96 Å². The Labute approximate surface area is 149 Å². The van der Waals surface area contributed by atoms with Crippen LogP contribution in [-0.2, 0) is 5.41 Å². The van der Waals surface area contributed by atoms with Crippen LogP contribution in [0.4, 0.5) is 0 Å². The van der Waals surface area contributed by atoms with Gasteiger partial charge in [-0.05, 0) is 37.0 Å². The Bertz CT molecular complexity index is 795. The Morgan fingerprint density at radius 1 is 1.20 bits per heavy atom. The molecule has 3 N–H and O–H groups in total. The molecule has 1 aliphatic carbocycles. The van der Waals surface area contributed by atoms with E-state index in [0.717, 1.165) is 24.3 Å². The predicted molar refractivity (Wildman–Crippen MR) is 101 cm³/mol. The van der Waals surface area contributed by atoms with Crippen molar-refractivity contribution in [1.82, 2.24) is 5.32 Å². The van der Waals surface area contributed by atoms with Crippen molar-refractivity contribution in [3.8, 4) is 5.75 Å². The molecule has 0 spiro atoms. The monoisotopic (exact) mass is 335 g/mol. The summed E-state index contributed by atoms with van der Waals surface area (Å²) in [5.74, 6) is 1.47. The molecule has 0 bridgehead atoms. The van der Waals surface area contributed by atoms with Gasteiger partial charge in [-0.2, -0.15) is 0 Å². The van der Waals surface area contributed by atoms with Crippen LogP contribution in [0.2, 0.25) is 0 Å². The highest BCUT2D eigenvalue weighted by atomic mass is 16.5. The number of benzene rings is 2. The van der Waals surface area contributed by atoms with Gasteiger partial charge in [-0.15, -0.1) is 0 Å². The molecule has 4 rings (SSSR count). The van der Waals surface area contributed by atoms with Crippen molar-refractivity contribution < 1.29 is 4.74 Å². The van der Waals surface area contributed by atoms with Gasteiger partial charge in [0.05, 0.1) is 19.2 Å². The second kappa shape index (κ2) is 6.43. The first-order chi connectivity index (χ1) is 12.2. The minimum Gasteiger partial charge on any atom is -0.493 e. The van der Waals surface area contributed by atoms with Gasteiger partial charge in [0.2, 0.25) is 0 Å². The third-order valence-electron chi connectivity index (χ3n) is 5.40. The molecule has 1 aliphatic heterocycles. The zero-order valence-electron chi connectivity index (χ0n) is 14.7. The van der Waals surface area contributed by atoms with Gasteiger partial charge >= 0.3 is 0 Å². The van der Waals surface area contributed by atoms with Crippen LogP contribution in [0.1, 0.15) is 42.0 Å². The first-order valence-corrected chi connectivity index (χ1v) is 9.02. The van der Waals surface area contributed by atoms with Crippen molar-refractivity contribution in [1.29, 1.82) is 0 Å². The molecule has 0 saturated heterocycles. The average Bonchev–Trinajstić information content (AvgIpc) is 3.42. The van der Waals surface area contributed by atoms with Gasteiger partial charge in [-0.1, -0.05) is 42.5 Å². The van der Waals surface area contributed by atoms with E-state index in [1.54, 1.807) is 0 Å². The van der Waals surface area contributed by atoms with E-state index in [2.05, 4.69) is 47.6 Å². The number of guanidine groups is 1. The highest BCUT2D eigenvalue weighted by Crippen LogP contribution is 2.49. The molecule has 4 heteroatoms. The molecule has 0 radical (unpaired) electrons. The summed E-state index contributed by atoms with van der Waals surface area (Å²) in [4.78, 5) is 4.69. The van der Waals surface area contributed by atoms with Crippen molar-refractivity contribution in [2.24, 2.45) is 10.7 Å². The fourth-order valence-corrected chi connectivity index (χ4v) is 3.78. The number of aliphatic imine (C=N–C) groups is 1. The molecule has 1 unspecified atom stereocenters. The molecule has 1 fully saturated rings. The van der Waals surface area contributed by atoms with E-state index in [0.29, 0.717) is 12.6 Å². The Morgan fingerprint density at radius 2 is 1.96 bits per heavy atom. The summed E-state index contributed by atoms with van der Waals surface area (Å²) in [5, 5.41) is 3.39. The summed E-state index contributed by atoms with van der Waals surface area (Å²) in [6.45, 7) is 3.64. The van der Waals surface area contributed by atoms with Gasteiger partial charge in [0.25, 0.3) is 0 Å². The Hall–Kier alpha value is -2.49. The average molecular weight is 335 g/mol. The van der Waals surface area contributed by atoms with Gasteiger partial charge in [-0.25, -0.2) is 0 Å². The standard InChI is InChI=1S/C21H25N3O/c1-15-6-2-4-8-17(15)21(11-12-21)14-23-20(22)24-18-10-13-25-19-9-5-3-7-16(18)19/h2-9,18H,10-14H2,1H3,(H3,22,23,24). The van der Waals surface area contributed by atoms with Crippen LogP contribution in [0.5, 0.6) is 5.75 Å². The molecule has 1 saturated carbocycles. The van der Waals surface area contributed by atoms with Crippen molar-refractivity contribution in [3.63, 3.8) is 0 Å². The number of hydrogen-bond donors (Lipinski definition) is 2. The minimum absolute atomic E-state index is 0.169. The van der Waals surface area contributed by atoms with E-state index in [1.807, 2.05) is 18.2 Å². The normalized spacial score (nSPS) is 21.2. The predicted octanol–water partition coefficient (Wildman–Crippen LogP) is 3.45. The lowest BCUT2D eigenvalue weighted by Crippen LogP contribution is -2.38. The van der Waals surface area contributed by atoms with Crippen molar-refractivity contribution >= 4 is 5.96 Å². The molecule has 2 aliphatic rings. The fourth-order valence-electron chi connectivity index (χ4n) is 3.78. The van der Waals surface area contributed by atoms with Gasteiger partial charge < -0.3 is 15.8 Å². The van der Waals surface area contributed by atoms with Crippen LogP contribution in [0.3, 0.4) is 0 Å². The molecule has 0 amide bonds. The zero-order chi connectivity index (χ0) is 17.3. The van der Waals surface area contributed by atoms with Gasteiger partial charge in [0.1, 0.15) is 5.75 Å². The van der Waals surface area contributed by atoms with Crippen molar-refractivity contribution in [2.75, 3.05) is 13.2 Å². The van der Waals surface area contributed by atoms with Crippen molar-refractivity contribution in [3.05, 3.63) is 65.2 Å². The highest BCUT2D eigenvalue weighted by Gasteiger charge is 2.44. The van der Waals surface area contributed by atoms with Gasteiger partial charge in [0, 0.05) is 17.4 Å². The molecule has 1 atom stereocenters. The van der Waals surface area contributed by atoms with Crippen LogP contribution in [0.15, 0.2) is 53.5 Å². The fraction of sp³-hybridized carbons (Fsp3) is 0.381. The minimum atomic E-state index is 0.169. The number of hydrogen-bond acceptors (Lipinski definition) is 2. The number of rotatable bonds is 4. The molecule has 4 nitrogen and oxygen atoms in total. The number of ether oxygens (including phenoxy) is 1. The van der Waals surface area contributed by atoms with Crippen LogP contribution in [-0.4, -0.2) is 19.1 Å². The molecular weight excluding hydrogens is 310 g/mol. The second-order valence-corrected chi connectivity index (χ2v) is 7.17. The molecular formula is C21H25N3O. The second-order valence-electron chi connectivity index (χ2n) is 7.17. The number of nitrogens with two attached hydrogens (primary N) is 1. The maximum atomic E-state index is 6.21. The molecule has 0 aromatic heterocycles. The quantitative estimate of drug-likeness (QED) is 0.664.